The molecule has 1 amide bonds. The molecule has 0 radical (unpaired) electrons. The fourth-order valence-corrected chi connectivity index (χ4v) is 12.8. The van der Waals surface area contributed by atoms with E-state index in [0.717, 1.165) is 86.9 Å². The first-order chi connectivity index (χ1) is 35.6. The number of rotatable bonds is 11. The predicted octanol–water partition coefficient (Wildman–Crippen LogP) is 11.0. The van der Waals surface area contributed by atoms with Crippen LogP contribution in [0.15, 0.2) is 83.1 Å². The third kappa shape index (κ3) is 14.3. The maximum Gasteiger partial charge on any atom is 0.223 e. The Hall–Kier alpha value is -4.96. The van der Waals surface area contributed by atoms with Crippen LogP contribution in [0, 0.1) is 24.2 Å². The summed E-state index contributed by atoms with van der Waals surface area (Å²) in [6.07, 6.45) is 16.6. The first-order valence-electron chi connectivity index (χ1n) is 26.8. The molecule has 2 aliphatic carbocycles. The van der Waals surface area contributed by atoms with Crippen LogP contribution in [0.25, 0.3) is 10.4 Å². The minimum absolute atomic E-state index is 0.0463. The minimum Gasteiger partial charge on any atom is -0.401 e. The largest absolute Gasteiger partial charge is 0.401 e. The number of anilines is 2. The van der Waals surface area contributed by atoms with E-state index in [4.69, 9.17) is 33.0 Å². The molecule has 3 aromatic carbocycles. The van der Waals surface area contributed by atoms with Crippen LogP contribution in [0.1, 0.15) is 156 Å². The van der Waals surface area contributed by atoms with E-state index in [2.05, 4.69) is 103 Å². The normalized spacial score (nSPS) is 21.9. The molecule has 1 unspecified atom stereocenters. The molecule has 15 heteroatoms. The van der Waals surface area contributed by atoms with Crippen LogP contribution in [0.4, 0.5) is 11.4 Å². The summed E-state index contributed by atoms with van der Waals surface area (Å²) in [5.41, 5.74) is 20.5. The number of fused-ring (bicyclic) bond motifs is 2. The lowest BCUT2D eigenvalue weighted by Gasteiger charge is -2.37. The van der Waals surface area contributed by atoms with Gasteiger partial charge in [0.2, 0.25) is 5.91 Å². The zero-order chi connectivity index (χ0) is 53.6. The molecule has 1 spiro atoms. The van der Waals surface area contributed by atoms with E-state index < -0.39 is 0 Å². The van der Waals surface area contributed by atoms with Gasteiger partial charge in [0.15, 0.2) is 6.29 Å². The Labute approximate surface area is 450 Å². The number of aryl methyl sites for hydroxylation is 1. The first kappa shape index (κ1) is 58.3. The van der Waals surface area contributed by atoms with Crippen molar-refractivity contribution < 1.29 is 19.5 Å². The fourth-order valence-electron chi connectivity index (χ4n) is 11.8. The van der Waals surface area contributed by atoms with Gasteiger partial charge in [-0.2, -0.15) is 0 Å². The molecule has 9 rings (SSSR count). The Morgan fingerprint density at radius 1 is 0.986 bits per heavy atom. The molecule has 7 N–H and O–H groups in total. The summed E-state index contributed by atoms with van der Waals surface area (Å²) in [6, 6.07) is 22.0. The van der Waals surface area contributed by atoms with Crippen molar-refractivity contribution in [2.24, 2.45) is 33.8 Å². The molecule has 2 saturated carbocycles. The number of likely N-dealkylation sites (tertiary alicyclic amines) is 2. The number of amides is 1. The molecule has 13 nitrogen and oxygen atoms in total. The summed E-state index contributed by atoms with van der Waals surface area (Å²) in [7, 11) is 3.88. The molecule has 2 atom stereocenters. The van der Waals surface area contributed by atoms with Crippen LogP contribution in [-0.4, -0.2) is 97.6 Å². The molecule has 4 aromatic rings. The number of hydrogen-bond donors (Lipinski definition) is 5. The molecule has 1 aromatic heterocycles. The molecule has 0 bridgehead atoms. The molecular weight excluding hydrogens is 966 g/mol. The Morgan fingerprint density at radius 3 is 2.24 bits per heavy atom. The number of aromatic nitrogens is 1. The van der Waals surface area contributed by atoms with Crippen LogP contribution < -0.4 is 27.2 Å². The number of allylic oxidation sites excluding steroid dienone is 1. The third-order valence-electron chi connectivity index (χ3n) is 15.9. The maximum atomic E-state index is 12.3. The SMILES string of the molecule is C=O.CC(C)(C)CC(=O)N1CCC(O)C1.CN=C1N(c2cccc(Cl)c2C=O)c2cc(C3CCN(CC4CCC(/C(N)=C/NN)CC4)CC3)ccc2C12CCCCC2.CN[C@@H](C)c1ccc(-c2scnc2C)cc1. The highest BCUT2D eigenvalue weighted by Crippen LogP contribution is 2.54. The number of benzene rings is 3. The van der Waals surface area contributed by atoms with Gasteiger partial charge in [-0.25, -0.2) is 4.98 Å². The summed E-state index contributed by atoms with van der Waals surface area (Å²) in [6.45, 7) is 17.1. The van der Waals surface area contributed by atoms with Crippen molar-refractivity contribution in [3.63, 3.8) is 0 Å². The molecule has 5 aliphatic rings. The lowest BCUT2D eigenvalue weighted by Crippen LogP contribution is -2.40. The van der Waals surface area contributed by atoms with Crippen molar-refractivity contribution in [2.45, 2.75) is 142 Å². The van der Waals surface area contributed by atoms with Crippen molar-refractivity contribution in [1.82, 2.24) is 25.5 Å². The van der Waals surface area contributed by atoms with Crippen LogP contribution >= 0.6 is 22.9 Å². The van der Waals surface area contributed by atoms with Crippen molar-refractivity contribution in [2.75, 3.05) is 51.7 Å². The van der Waals surface area contributed by atoms with E-state index in [1.54, 1.807) is 28.5 Å². The van der Waals surface area contributed by atoms with Gasteiger partial charge in [0, 0.05) is 51.0 Å². The van der Waals surface area contributed by atoms with Gasteiger partial charge in [-0.3, -0.25) is 25.3 Å². The predicted molar refractivity (Wildman–Crippen MR) is 305 cm³/mol. The summed E-state index contributed by atoms with van der Waals surface area (Å²) < 4.78 is 0. The Balaban J connectivity index is 0.000000233. The number of carbonyl (C=O) groups excluding carboxylic acids is 3. The highest BCUT2D eigenvalue weighted by atomic mass is 35.5. The van der Waals surface area contributed by atoms with E-state index in [0.29, 0.717) is 41.4 Å². The average molecular weight is 1050 g/mol. The number of carbonyl (C=O) groups is 3. The number of amidine groups is 1. The fraction of sp³-hybridized carbons (Fsp3) is 0.542. The first-order valence-corrected chi connectivity index (χ1v) is 28.1. The number of aliphatic hydroxyl groups excluding tert-OH is 1. The van der Waals surface area contributed by atoms with Gasteiger partial charge < -0.3 is 36.2 Å². The van der Waals surface area contributed by atoms with Crippen LogP contribution in [-0.2, 0) is 15.0 Å². The van der Waals surface area contributed by atoms with Crippen LogP contribution in [0.2, 0.25) is 5.02 Å². The number of nitrogens with one attached hydrogen (secondary N) is 2. The summed E-state index contributed by atoms with van der Waals surface area (Å²) in [5, 5.41) is 13.0. The van der Waals surface area contributed by atoms with E-state index in [9.17, 15) is 14.7 Å². The van der Waals surface area contributed by atoms with Crippen molar-refractivity contribution in [3.8, 4) is 10.4 Å². The minimum atomic E-state index is -0.302. The zero-order valence-electron chi connectivity index (χ0n) is 45.2. The summed E-state index contributed by atoms with van der Waals surface area (Å²) >= 11 is 8.25. The monoisotopic (exact) mass is 1050 g/mol. The van der Waals surface area contributed by atoms with E-state index in [1.807, 2.05) is 38.5 Å². The van der Waals surface area contributed by atoms with Gasteiger partial charge in [0.25, 0.3) is 0 Å². The number of nitrogens with zero attached hydrogens (tertiary/aromatic N) is 5. The number of aliphatic hydroxyl groups is 1. The molecule has 3 aliphatic heterocycles. The second-order valence-electron chi connectivity index (χ2n) is 22.1. The van der Waals surface area contributed by atoms with Crippen molar-refractivity contribution in [1.29, 1.82) is 0 Å². The number of piperidine rings is 1. The quantitative estimate of drug-likeness (QED) is 0.0548. The number of aldehydes is 1. The average Bonchev–Trinajstić information content (AvgIpc) is 4.12. The lowest BCUT2D eigenvalue weighted by molar-refractivity contribution is -0.132. The topological polar surface area (TPSA) is 183 Å². The van der Waals surface area contributed by atoms with Gasteiger partial charge in [-0.1, -0.05) is 94.1 Å². The summed E-state index contributed by atoms with van der Waals surface area (Å²) in [4.78, 5) is 49.1. The van der Waals surface area contributed by atoms with E-state index in [1.165, 1.54) is 84.3 Å². The maximum absolute atomic E-state index is 12.3. The Kier molecular flexibility index (Phi) is 21.4. The molecule has 4 heterocycles. The number of aliphatic imine (C=N–C) groups is 1. The second kappa shape index (κ2) is 27.2. The zero-order valence-corrected chi connectivity index (χ0v) is 46.7. The highest BCUT2D eigenvalue weighted by molar-refractivity contribution is 7.13. The number of halogens is 1. The highest BCUT2D eigenvalue weighted by Gasteiger charge is 2.50. The standard InChI is InChI=1S/C35H47ClN6O.C13H16N2S.C10H19NO2.CH2O/c1-39-34-35(16-3-2-4-17-35)29-13-12-27(20-33(29)42(34)32-7-5-6-30(36)28(32)23-43)25-14-18-41(19-15-25)22-24-8-10-26(11-9-24)31(37)21-40-38;1-9(14-3)11-4-6-12(7-5-11)13-10(2)15-8-16-13;1-10(2,3)6-9(13)11-5-4-8(12)7-11;1-2/h5-7,12-13,20-21,23-26,40H,2-4,8-11,14-19,22,37-38H2,1H3;4-9,14H,1-3H3;8,12H,4-7H2,1-3H3;1H2/b31-21-,39-34?;;;/t;9-;;/m.0../s1. The number of thiazole rings is 1. The second-order valence-corrected chi connectivity index (χ2v) is 23.4. The van der Waals surface area contributed by atoms with E-state index in [-0.39, 0.29) is 22.8 Å². The number of β-amino-alcohol motifs (C(OH)–C–C–N with tert-alkyl or cyclic N) is 1. The van der Waals surface area contributed by atoms with Gasteiger partial charge >= 0.3 is 0 Å². The van der Waals surface area contributed by atoms with Gasteiger partial charge in [0.1, 0.15) is 12.6 Å². The van der Waals surface area contributed by atoms with E-state index >= 15 is 0 Å². The van der Waals surface area contributed by atoms with Gasteiger partial charge in [0.05, 0.1) is 49.6 Å². The molecule has 74 heavy (non-hydrogen) atoms. The number of nitrogens with two attached hydrogens (primary N) is 2. The number of hydrazine groups is 1. The van der Waals surface area contributed by atoms with Crippen molar-refractivity contribution in [3.05, 3.63) is 111 Å². The van der Waals surface area contributed by atoms with Crippen LogP contribution in [0.5, 0.6) is 0 Å². The smallest absolute Gasteiger partial charge is 0.223 e. The molecular formula is C59H84ClN9O4S. The third-order valence-corrected chi connectivity index (χ3v) is 17.2. The summed E-state index contributed by atoms with van der Waals surface area (Å²) in [5.74, 6) is 8.40. The van der Waals surface area contributed by atoms with Gasteiger partial charge in [-0.05, 0) is 155 Å². The van der Waals surface area contributed by atoms with Crippen LogP contribution in [0.3, 0.4) is 0 Å². The Bertz CT molecular complexity index is 2500. The van der Waals surface area contributed by atoms with Gasteiger partial charge in [-0.15, -0.1) is 11.3 Å². The lowest BCUT2D eigenvalue weighted by atomic mass is 9.69. The molecule has 2 saturated heterocycles. The number of hydrogen-bond acceptors (Lipinski definition) is 12. The molecule has 402 valence electrons. The molecule has 4 fully saturated rings. The Morgan fingerprint density at radius 2 is 1.68 bits per heavy atom. The van der Waals surface area contributed by atoms with Crippen molar-refractivity contribution >= 4 is 59.1 Å².